The number of fused-ring (bicyclic) bond motifs is 2. The monoisotopic (exact) mass is 339 g/mol. The second kappa shape index (κ2) is 5.58. The zero-order valence-corrected chi connectivity index (χ0v) is 13.8. The van der Waals surface area contributed by atoms with Gasteiger partial charge in [-0.05, 0) is 41.8 Å². The number of para-hydroxylation sites is 1. The number of pyridine rings is 1. The normalized spacial score (nSPS) is 14.1. The molecule has 0 amide bonds. The van der Waals surface area contributed by atoms with Crippen LogP contribution in [0.2, 0.25) is 0 Å². The van der Waals surface area contributed by atoms with Crippen LogP contribution in [0, 0.1) is 0 Å². The molecule has 0 aliphatic carbocycles. The van der Waals surface area contributed by atoms with Crippen LogP contribution in [-0.2, 0) is 23.0 Å². The van der Waals surface area contributed by atoms with Gasteiger partial charge in [0.1, 0.15) is 0 Å². The van der Waals surface area contributed by atoms with E-state index in [1.165, 1.54) is 0 Å². The molecule has 2 heterocycles. The largest absolute Gasteiger partial charge is 0.367 e. The van der Waals surface area contributed by atoms with E-state index in [0.717, 1.165) is 47.2 Å². The molecule has 24 heavy (non-hydrogen) atoms. The van der Waals surface area contributed by atoms with Gasteiger partial charge in [-0.3, -0.25) is 4.98 Å². The fraction of sp³-hybridized carbons (Fsp3) is 0.167. The molecule has 1 aliphatic heterocycles. The molecule has 2 N–H and O–H groups in total. The fourth-order valence-electron chi connectivity index (χ4n) is 3.29. The summed E-state index contributed by atoms with van der Waals surface area (Å²) in [5.74, 6) is 0. The van der Waals surface area contributed by atoms with Gasteiger partial charge in [-0.2, -0.15) is 0 Å². The van der Waals surface area contributed by atoms with Gasteiger partial charge in [-0.15, -0.1) is 0 Å². The second-order valence-corrected chi connectivity index (χ2v) is 7.56. The highest BCUT2D eigenvalue weighted by Gasteiger charge is 2.22. The SMILES string of the molecule is NS(=O)(=O)c1ccc2c(c1)CCN2Cc1cccc2cccnc12. The third-order valence-electron chi connectivity index (χ3n) is 4.45. The Hall–Kier alpha value is -2.44. The van der Waals surface area contributed by atoms with Crippen LogP contribution in [0.5, 0.6) is 0 Å². The molecular weight excluding hydrogens is 322 g/mol. The number of benzene rings is 2. The van der Waals surface area contributed by atoms with E-state index in [1.54, 1.807) is 12.1 Å². The Morgan fingerprint density at radius 2 is 1.96 bits per heavy atom. The minimum absolute atomic E-state index is 0.176. The first-order valence-corrected chi connectivity index (χ1v) is 9.30. The lowest BCUT2D eigenvalue weighted by Gasteiger charge is -2.20. The Morgan fingerprint density at radius 3 is 2.79 bits per heavy atom. The van der Waals surface area contributed by atoms with Crippen molar-refractivity contribution in [2.75, 3.05) is 11.4 Å². The minimum Gasteiger partial charge on any atom is -0.367 e. The maximum absolute atomic E-state index is 11.5. The smallest absolute Gasteiger partial charge is 0.238 e. The average Bonchev–Trinajstić information content (AvgIpc) is 2.97. The Morgan fingerprint density at radius 1 is 1.12 bits per heavy atom. The minimum atomic E-state index is -3.66. The Balaban J connectivity index is 1.69. The van der Waals surface area contributed by atoms with Gasteiger partial charge >= 0.3 is 0 Å². The summed E-state index contributed by atoms with van der Waals surface area (Å²) in [6, 6.07) is 15.3. The molecule has 0 fully saturated rings. The zero-order valence-electron chi connectivity index (χ0n) is 13.0. The van der Waals surface area contributed by atoms with E-state index < -0.39 is 10.0 Å². The molecule has 1 aliphatic rings. The Kier molecular flexibility index (Phi) is 3.51. The molecule has 0 atom stereocenters. The van der Waals surface area contributed by atoms with Gasteiger partial charge in [0, 0.05) is 30.4 Å². The van der Waals surface area contributed by atoms with Crippen molar-refractivity contribution >= 4 is 26.6 Å². The molecule has 3 aromatic rings. The van der Waals surface area contributed by atoms with Crippen molar-refractivity contribution in [2.45, 2.75) is 17.9 Å². The molecule has 0 unspecified atom stereocenters. The van der Waals surface area contributed by atoms with Gasteiger partial charge in [-0.1, -0.05) is 24.3 Å². The number of sulfonamides is 1. The Bertz CT molecular complexity index is 1030. The van der Waals surface area contributed by atoms with Gasteiger partial charge in [0.2, 0.25) is 10.0 Å². The van der Waals surface area contributed by atoms with Crippen molar-refractivity contribution in [3.8, 4) is 0 Å². The van der Waals surface area contributed by atoms with Gasteiger partial charge < -0.3 is 4.90 Å². The van der Waals surface area contributed by atoms with Crippen molar-refractivity contribution in [3.63, 3.8) is 0 Å². The quantitative estimate of drug-likeness (QED) is 0.795. The van der Waals surface area contributed by atoms with E-state index in [4.69, 9.17) is 5.14 Å². The van der Waals surface area contributed by atoms with Crippen molar-refractivity contribution in [2.24, 2.45) is 5.14 Å². The standard InChI is InChI=1S/C18H17N3O2S/c19-24(22,23)16-6-7-17-14(11-16)8-10-21(17)12-15-4-1-3-13-5-2-9-20-18(13)15/h1-7,9,11H,8,10,12H2,(H2,19,22,23). The topological polar surface area (TPSA) is 76.3 Å². The first-order valence-electron chi connectivity index (χ1n) is 7.76. The summed E-state index contributed by atoms with van der Waals surface area (Å²) in [4.78, 5) is 6.93. The van der Waals surface area contributed by atoms with Crippen LogP contribution in [0.1, 0.15) is 11.1 Å². The third-order valence-corrected chi connectivity index (χ3v) is 5.36. The van der Waals surface area contributed by atoms with Gasteiger partial charge in [0.05, 0.1) is 10.4 Å². The number of anilines is 1. The summed E-state index contributed by atoms with van der Waals surface area (Å²) < 4.78 is 23.0. The molecule has 0 saturated carbocycles. The van der Waals surface area contributed by atoms with Crippen molar-refractivity contribution in [3.05, 3.63) is 65.9 Å². The molecule has 0 saturated heterocycles. The summed E-state index contributed by atoms with van der Waals surface area (Å²) in [5, 5.41) is 6.35. The van der Waals surface area contributed by atoms with Crippen LogP contribution in [0.25, 0.3) is 10.9 Å². The number of hydrogen-bond donors (Lipinski definition) is 1. The number of rotatable bonds is 3. The van der Waals surface area contributed by atoms with E-state index in [1.807, 2.05) is 24.4 Å². The van der Waals surface area contributed by atoms with Crippen LogP contribution in [0.3, 0.4) is 0 Å². The first kappa shape index (κ1) is 15.1. The summed E-state index contributed by atoms with van der Waals surface area (Å²) in [6.45, 7) is 1.60. The average molecular weight is 339 g/mol. The maximum Gasteiger partial charge on any atom is 0.238 e. The number of aromatic nitrogens is 1. The summed E-state index contributed by atoms with van der Waals surface area (Å²) in [5.41, 5.74) is 4.26. The number of nitrogens with two attached hydrogens (primary N) is 1. The van der Waals surface area contributed by atoms with Crippen LogP contribution >= 0.6 is 0 Å². The number of hydrogen-bond acceptors (Lipinski definition) is 4. The lowest BCUT2D eigenvalue weighted by molar-refractivity contribution is 0.597. The predicted octanol–water partition coefficient (Wildman–Crippen LogP) is 2.44. The van der Waals surface area contributed by atoms with Crippen molar-refractivity contribution in [1.82, 2.24) is 4.98 Å². The molecule has 122 valence electrons. The van der Waals surface area contributed by atoms with Crippen LogP contribution in [0.4, 0.5) is 5.69 Å². The lowest BCUT2D eigenvalue weighted by atomic mass is 10.1. The van der Waals surface area contributed by atoms with Gasteiger partial charge in [-0.25, -0.2) is 13.6 Å². The van der Waals surface area contributed by atoms with Gasteiger partial charge in [0.15, 0.2) is 0 Å². The number of primary sulfonamides is 1. The van der Waals surface area contributed by atoms with E-state index in [2.05, 4.69) is 28.1 Å². The zero-order chi connectivity index (χ0) is 16.7. The molecule has 0 bridgehead atoms. The lowest BCUT2D eigenvalue weighted by Crippen LogP contribution is -2.20. The van der Waals surface area contributed by atoms with Crippen LogP contribution in [-0.4, -0.2) is 19.9 Å². The summed E-state index contributed by atoms with van der Waals surface area (Å²) in [7, 11) is -3.66. The number of nitrogens with zero attached hydrogens (tertiary/aromatic N) is 2. The summed E-state index contributed by atoms with van der Waals surface area (Å²) >= 11 is 0. The van der Waals surface area contributed by atoms with E-state index in [-0.39, 0.29) is 4.90 Å². The van der Waals surface area contributed by atoms with E-state index in [9.17, 15) is 8.42 Å². The summed E-state index contributed by atoms with van der Waals surface area (Å²) in [6.07, 6.45) is 2.62. The highest BCUT2D eigenvalue weighted by molar-refractivity contribution is 7.89. The van der Waals surface area contributed by atoms with Gasteiger partial charge in [0.25, 0.3) is 0 Å². The molecule has 5 nitrogen and oxygen atoms in total. The molecular formula is C18H17N3O2S. The molecule has 6 heteroatoms. The Labute approximate surface area is 140 Å². The fourth-order valence-corrected chi connectivity index (χ4v) is 3.85. The van der Waals surface area contributed by atoms with E-state index in [0.29, 0.717) is 0 Å². The van der Waals surface area contributed by atoms with E-state index >= 15 is 0 Å². The second-order valence-electron chi connectivity index (χ2n) is 6.00. The van der Waals surface area contributed by atoms with Crippen molar-refractivity contribution < 1.29 is 8.42 Å². The highest BCUT2D eigenvalue weighted by atomic mass is 32.2. The molecule has 4 rings (SSSR count). The van der Waals surface area contributed by atoms with Crippen molar-refractivity contribution in [1.29, 1.82) is 0 Å². The van der Waals surface area contributed by atoms with Crippen LogP contribution in [0.15, 0.2) is 59.6 Å². The predicted molar refractivity (Wildman–Crippen MR) is 94.3 cm³/mol. The third kappa shape index (κ3) is 2.64. The first-order chi connectivity index (χ1) is 11.5. The molecule has 0 radical (unpaired) electrons. The maximum atomic E-state index is 11.5. The molecule has 0 spiro atoms. The molecule has 1 aromatic heterocycles. The molecule has 2 aromatic carbocycles. The van der Waals surface area contributed by atoms with Crippen LogP contribution < -0.4 is 10.0 Å². The highest BCUT2D eigenvalue weighted by Crippen LogP contribution is 2.32.